The summed E-state index contributed by atoms with van der Waals surface area (Å²) in [5.74, 6) is -0.0840. The number of hydrogen-bond donors (Lipinski definition) is 1. The van der Waals surface area contributed by atoms with Crippen molar-refractivity contribution in [3.8, 4) is 0 Å². The number of nitrogens with one attached hydrogen (secondary N) is 1. The van der Waals surface area contributed by atoms with Crippen molar-refractivity contribution >= 4 is 17.7 Å². The second-order valence-corrected chi connectivity index (χ2v) is 6.76. The number of likely N-dealkylation sites (tertiary alicyclic amines) is 2. The number of piperidine rings is 1. The van der Waals surface area contributed by atoms with Crippen molar-refractivity contribution in [3.05, 3.63) is 35.9 Å². The summed E-state index contributed by atoms with van der Waals surface area (Å²) in [6, 6.07) is 9.53. The smallest absolute Gasteiger partial charge is 0.247 e. The van der Waals surface area contributed by atoms with Gasteiger partial charge in [-0.25, -0.2) is 0 Å². The Labute approximate surface area is 148 Å². The van der Waals surface area contributed by atoms with Crippen molar-refractivity contribution in [2.75, 3.05) is 26.7 Å². The van der Waals surface area contributed by atoms with Gasteiger partial charge in [0, 0.05) is 19.5 Å². The maximum atomic E-state index is 12.7. The highest BCUT2D eigenvalue weighted by Gasteiger charge is 2.42. The van der Waals surface area contributed by atoms with Gasteiger partial charge in [0.1, 0.15) is 0 Å². The van der Waals surface area contributed by atoms with Crippen LogP contribution in [0.2, 0.25) is 0 Å². The summed E-state index contributed by atoms with van der Waals surface area (Å²) < 4.78 is 0. The molecule has 1 aromatic rings. The molecule has 134 valence electrons. The van der Waals surface area contributed by atoms with Gasteiger partial charge in [-0.1, -0.05) is 30.3 Å². The van der Waals surface area contributed by atoms with Crippen LogP contribution in [-0.2, 0) is 20.8 Å². The van der Waals surface area contributed by atoms with Gasteiger partial charge in [0.2, 0.25) is 17.7 Å². The van der Waals surface area contributed by atoms with Gasteiger partial charge in [-0.05, 0) is 37.9 Å². The van der Waals surface area contributed by atoms with Crippen LogP contribution in [0.5, 0.6) is 0 Å². The van der Waals surface area contributed by atoms with Crippen molar-refractivity contribution in [2.24, 2.45) is 5.92 Å². The lowest BCUT2D eigenvalue weighted by atomic mass is 9.94. The average molecular weight is 343 g/mol. The van der Waals surface area contributed by atoms with Gasteiger partial charge < -0.3 is 5.32 Å². The average Bonchev–Trinajstić information content (AvgIpc) is 2.94. The molecule has 0 aromatic heterocycles. The maximum Gasteiger partial charge on any atom is 0.247 e. The summed E-state index contributed by atoms with van der Waals surface area (Å²) in [4.78, 5) is 40.2. The zero-order valence-corrected chi connectivity index (χ0v) is 14.6. The fourth-order valence-corrected chi connectivity index (χ4v) is 3.75. The quantitative estimate of drug-likeness (QED) is 0.804. The molecule has 0 bridgehead atoms. The fourth-order valence-electron chi connectivity index (χ4n) is 3.75. The summed E-state index contributed by atoms with van der Waals surface area (Å²) in [6.07, 6.45) is 2.42. The molecule has 2 aliphatic rings. The molecule has 6 heteroatoms. The van der Waals surface area contributed by atoms with Crippen molar-refractivity contribution in [1.29, 1.82) is 0 Å². The SMILES string of the molecule is CNC(=O)C1CCN([C@@H]2CC(=O)N(CCc3ccccc3)C2=O)CC1. The van der Waals surface area contributed by atoms with E-state index in [-0.39, 0.29) is 36.1 Å². The lowest BCUT2D eigenvalue weighted by molar-refractivity contribution is -0.139. The van der Waals surface area contributed by atoms with Gasteiger partial charge in [-0.15, -0.1) is 0 Å². The Balaban J connectivity index is 1.55. The number of benzene rings is 1. The van der Waals surface area contributed by atoms with Crippen LogP contribution in [0.3, 0.4) is 0 Å². The molecule has 1 atom stereocenters. The Morgan fingerprint density at radius 2 is 1.84 bits per heavy atom. The van der Waals surface area contributed by atoms with Crippen LogP contribution in [-0.4, -0.2) is 60.2 Å². The minimum atomic E-state index is -0.353. The summed E-state index contributed by atoms with van der Waals surface area (Å²) in [5, 5.41) is 2.69. The van der Waals surface area contributed by atoms with Crippen LogP contribution >= 0.6 is 0 Å². The maximum absolute atomic E-state index is 12.7. The van der Waals surface area contributed by atoms with Gasteiger partial charge in [0.15, 0.2) is 0 Å². The topological polar surface area (TPSA) is 69.7 Å². The van der Waals surface area contributed by atoms with Crippen LogP contribution in [0.4, 0.5) is 0 Å². The van der Waals surface area contributed by atoms with E-state index in [0.717, 1.165) is 18.4 Å². The first-order chi connectivity index (χ1) is 12.1. The van der Waals surface area contributed by atoms with Crippen LogP contribution < -0.4 is 5.32 Å². The zero-order chi connectivity index (χ0) is 17.8. The first kappa shape index (κ1) is 17.6. The highest BCUT2D eigenvalue weighted by atomic mass is 16.2. The van der Waals surface area contributed by atoms with Crippen molar-refractivity contribution in [3.63, 3.8) is 0 Å². The molecule has 6 nitrogen and oxygen atoms in total. The third-order valence-electron chi connectivity index (χ3n) is 5.27. The highest BCUT2D eigenvalue weighted by Crippen LogP contribution is 2.25. The Kier molecular flexibility index (Phi) is 5.48. The van der Waals surface area contributed by atoms with E-state index in [4.69, 9.17) is 0 Å². The first-order valence-corrected chi connectivity index (χ1v) is 8.94. The summed E-state index contributed by atoms with van der Waals surface area (Å²) in [6.45, 7) is 1.81. The van der Waals surface area contributed by atoms with E-state index in [9.17, 15) is 14.4 Å². The molecule has 1 aromatic carbocycles. The molecule has 2 aliphatic heterocycles. The summed E-state index contributed by atoms with van der Waals surface area (Å²) in [7, 11) is 1.65. The van der Waals surface area contributed by atoms with E-state index in [1.165, 1.54) is 4.90 Å². The number of amides is 3. The monoisotopic (exact) mass is 343 g/mol. The zero-order valence-electron chi connectivity index (χ0n) is 14.6. The van der Waals surface area contributed by atoms with E-state index in [1.807, 2.05) is 30.3 Å². The van der Waals surface area contributed by atoms with E-state index in [1.54, 1.807) is 7.05 Å². The molecular weight excluding hydrogens is 318 g/mol. The van der Waals surface area contributed by atoms with Crippen LogP contribution in [0.1, 0.15) is 24.8 Å². The van der Waals surface area contributed by atoms with Crippen LogP contribution in [0.15, 0.2) is 30.3 Å². The largest absolute Gasteiger partial charge is 0.359 e. The number of imide groups is 1. The number of carbonyl (C=O) groups is 3. The van der Waals surface area contributed by atoms with E-state index in [2.05, 4.69) is 10.2 Å². The van der Waals surface area contributed by atoms with Crippen molar-refractivity contribution in [2.45, 2.75) is 31.7 Å². The molecule has 0 radical (unpaired) electrons. The Bertz CT molecular complexity index is 639. The standard InChI is InChI=1S/C19H25N3O3/c1-20-18(24)15-8-10-21(11-9-15)16-13-17(23)22(19(16)25)12-7-14-5-3-2-4-6-14/h2-6,15-16H,7-13H2,1H3,(H,20,24)/t16-/m1/s1. The molecule has 0 aliphatic carbocycles. The summed E-state index contributed by atoms with van der Waals surface area (Å²) in [5.41, 5.74) is 1.12. The van der Waals surface area contributed by atoms with Gasteiger partial charge in [0.25, 0.3) is 0 Å². The second kappa shape index (κ2) is 7.78. The van der Waals surface area contributed by atoms with Gasteiger partial charge in [-0.2, -0.15) is 0 Å². The molecular formula is C19H25N3O3. The summed E-state index contributed by atoms with van der Waals surface area (Å²) >= 11 is 0. The number of carbonyl (C=O) groups excluding carboxylic acids is 3. The third-order valence-corrected chi connectivity index (χ3v) is 5.27. The molecule has 2 saturated heterocycles. The van der Waals surface area contributed by atoms with Crippen molar-refractivity contribution in [1.82, 2.24) is 15.1 Å². The molecule has 3 rings (SSSR count). The fraction of sp³-hybridized carbons (Fsp3) is 0.526. The molecule has 0 spiro atoms. The molecule has 25 heavy (non-hydrogen) atoms. The molecule has 3 amide bonds. The van der Waals surface area contributed by atoms with Crippen LogP contribution in [0.25, 0.3) is 0 Å². The Hall–Kier alpha value is -2.21. The third kappa shape index (κ3) is 3.90. The molecule has 2 heterocycles. The predicted molar refractivity (Wildman–Crippen MR) is 93.6 cm³/mol. The first-order valence-electron chi connectivity index (χ1n) is 8.94. The number of hydrogen-bond acceptors (Lipinski definition) is 4. The number of nitrogens with zero attached hydrogens (tertiary/aromatic N) is 2. The molecule has 0 saturated carbocycles. The molecule has 1 N–H and O–H groups in total. The van der Waals surface area contributed by atoms with Gasteiger partial charge >= 0.3 is 0 Å². The highest BCUT2D eigenvalue weighted by molar-refractivity contribution is 6.05. The van der Waals surface area contributed by atoms with E-state index >= 15 is 0 Å². The Morgan fingerprint density at radius 3 is 2.48 bits per heavy atom. The van der Waals surface area contributed by atoms with Gasteiger partial charge in [-0.3, -0.25) is 24.2 Å². The van der Waals surface area contributed by atoms with E-state index < -0.39 is 0 Å². The normalized spacial score (nSPS) is 22.4. The number of rotatable bonds is 5. The molecule has 0 unspecified atom stereocenters. The minimum absolute atomic E-state index is 0.0163. The van der Waals surface area contributed by atoms with Crippen LogP contribution in [0, 0.1) is 5.92 Å². The minimum Gasteiger partial charge on any atom is -0.359 e. The van der Waals surface area contributed by atoms with Gasteiger partial charge in [0.05, 0.1) is 12.5 Å². The second-order valence-electron chi connectivity index (χ2n) is 6.76. The van der Waals surface area contributed by atoms with Crippen molar-refractivity contribution < 1.29 is 14.4 Å². The lowest BCUT2D eigenvalue weighted by Gasteiger charge is -2.34. The molecule has 2 fully saturated rings. The van der Waals surface area contributed by atoms with E-state index in [0.29, 0.717) is 26.1 Å². The Morgan fingerprint density at radius 1 is 1.16 bits per heavy atom. The lowest BCUT2D eigenvalue weighted by Crippen LogP contribution is -2.47. The predicted octanol–water partition coefficient (Wildman–Crippen LogP) is 0.815.